The Morgan fingerprint density at radius 3 is 2.10 bits per heavy atom. The van der Waals surface area contributed by atoms with E-state index in [9.17, 15) is 0 Å². The number of nitrogens with two attached hydrogens (primary N) is 1. The van der Waals surface area contributed by atoms with Crippen LogP contribution in [0.4, 0.5) is 0 Å². The van der Waals surface area contributed by atoms with Crippen molar-refractivity contribution in [2.75, 3.05) is 0 Å². The monoisotopic (exact) mass is 271 g/mol. The Morgan fingerprint density at radius 1 is 1.05 bits per heavy atom. The average molecular weight is 271 g/mol. The molecule has 4 bridgehead atoms. The molecule has 3 heteroatoms. The molecular formula is C17H25N3. The van der Waals surface area contributed by atoms with Crippen LogP contribution in [0.25, 0.3) is 0 Å². The Labute approximate surface area is 121 Å². The molecule has 3 nitrogen and oxygen atoms in total. The molecule has 0 spiro atoms. The molecule has 5 rings (SSSR count). The zero-order chi connectivity index (χ0) is 14.0. The first kappa shape index (κ1) is 12.8. The molecule has 4 saturated carbocycles. The van der Waals surface area contributed by atoms with E-state index in [0.717, 1.165) is 23.4 Å². The van der Waals surface area contributed by atoms with Crippen LogP contribution in [-0.4, -0.2) is 9.97 Å². The van der Waals surface area contributed by atoms with Crippen LogP contribution in [0, 0.1) is 17.8 Å². The van der Waals surface area contributed by atoms with Gasteiger partial charge in [-0.2, -0.15) is 0 Å². The fourth-order valence-electron chi connectivity index (χ4n) is 5.42. The lowest BCUT2D eigenvalue weighted by molar-refractivity contribution is -0.00734. The van der Waals surface area contributed by atoms with Gasteiger partial charge in [0.25, 0.3) is 0 Å². The summed E-state index contributed by atoms with van der Waals surface area (Å²) in [6.07, 6.45) is 10.2. The predicted molar refractivity (Wildman–Crippen MR) is 79.1 cm³/mol. The standard InChI is InChI=1S/C17H25N3/c1-16(2,18)14-6-15(20-10-19-14)17-7-11-3-12(8-17)5-13(4-11)9-17/h6,10-13H,3-5,7-9,18H2,1-2H3. The van der Waals surface area contributed by atoms with E-state index in [-0.39, 0.29) is 5.54 Å². The minimum absolute atomic E-state index is 0.345. The van der Waals surface area contributed by atoms with Crippen LogP contribution >= 0.6 is 0 Å². The summed E-state index contributed by atoms with van der Waals surface area (Å²) >= 11 is 0. The lowest BCUT2D eigenvalue weighted by atomic mass is 9.48. The van der Waals surface area contributed by atoms with Crippen molar-refractivity contribution in [1.29, 1.82) is 0 Å². The molecule has 0 saturated heterocycles. The molecule has 20 heavy (non-hydrogen) atoms. The van der Waals surface area contributed by atoms with Gasteiger partial charge in [0.1, 0.15) is 6.33 Å². The summed E-state index contributed by atoms with van der Waals surface area (Å²) in [5, 5.41) is 0. The summed E-state index contributed by atoms with van der Waals surface area (Å²) < 4.78 is 0. The van der Waals surface area contributed by atoms with Crippen molar-refractivity contribution in [1.82, 2.24) is 9.97 Å². The third-order valence-corrected chi connectivity index (χ3v) is 5.91. The highest BCUT2D eigenvalue weighted by molar-refractivity contribution is 5.26. The van der Waals surface area contributed by atoms with E-state index in [4.69, 9.17) is 5.73 Å². The van der Waals surface area contributed by atoms with Crippen LogP contribution in [0.3, 0.4) is 0 Å². The number of aromatic nitrogens is 2. The highest BCUT2D eigenvalue weighted by Crippen LogP contribution is 2.60. The Morgan fingerprint density at radius 2 is 1.60 bits per heavy atom. The van der Waals surface area contributed by atoms with Gasteiger partial charge in [0.05, 0.1) is 16.9 Å². The molecule has 0 unspecified atom stereocenters. The molecule has 4 aliphatic rings. The molecule has 108 valence electrons. The van der Waals surface area contributed by atoms with Crippen molar-refractivity contribution in [3.63, 3.8) is 0 Å². The van der Waals surface area contributed by atoms with Crippen molar-refractivity contribution in [2.24, 2.45) is 23.5 Å². The first-order chi connectivity index (χ1) is 9.45. The number of rotatable bonds is 2. The molecule has 1 aromatic rings. The molecule has 0 aromatic carbocycles. The van der Waals surface area contributed by atoms with Crippen molar-refractivity contribution < 1.29 is 0 Å². The average Bonchev–Trinajstić information content (AvgIpc) is 2.36. The molecule has 1 aromatic heterocycles. The minimum Gasteiger partial charge on any atom is -0.321 e. The quantitative estimate of drug-likeness (QED) is 0.899. The highest BCUT2D eigenvalue weighted by Gasteiger charge is 2.52. The van der Waals surface area contributed by atoms with Gasteiger partial charge in [-0.1, -0.05) is 0 Å². The zero-order valence-corrected chi connectivity index (χ0v) is 12.6. The second-order valence-electron chi connectivity index (χ2n) is 8.21. The maximum absolute atomic E-state index is 6.23. The number of hydrogen-bond donors (Lipinski definition) is 1. The molecule has 4 aliphatic carbocycles. The van der Waals surface area contributed by atoms with Crippen LogP contribution < -0.4 is 5.73 Å². The highest BCUT2D eigenvalue weighted by atomic mass is 14.9. The lowest BCUT2D eigenvalue weighted by Gasteiger charge is -2.56. The van der Waals surface area contributed by atoms with Crippen LogP contribution in [0.15, 0.2) is 12.4 Å². The normalized spacial score (nSPS) is 39.2. The second kappa shape index (κ2) is 4.03. The third-order valence-electron chi connectivity index (χ3n) is 5.91. The van der Waals surface area contributed by atoms with Gasteiger partial charge in [0, 0.05) is 5.41 Å². The van der Waals surface area contributed by atoms with Gasteiger partial charge in [-0.25, -0.2) is 9.97 Å². The van der Waals surface area contributed by atoms with E-state index >= 15 is 0 Å². The van der Waals surface area contributed by atoms with Crippen molar-refractivity contribution in [2.45, 2.75) is 63.3 Å². The Bertz CT molecular complexity index is 494. The summed E-state index contributed by atoms with van der Waals surface area (Å²) in [6.45, 7) is 4.05. The Balaban J connectivity index is 1.74. The van der Waals surface area contributed by atoms with Gasteiger partial charge < -0.3 is 5.73 Å². The second-order valence-corrected chi connectivity index (χ2v) is 8.21. The molecule has 2 N–H and O–H groups in total. The van der Waals surface area contributed by atoms with Gasteiger partial charge in [0.15, 0.2) is 0 Å². The maximum Gasteiger partial charge on any atom is 0.116 e. The number of nitrogens with zero attached hydrogens (tertiary/aromatic N) is 2. The fourth-order valence-corrected chi connectivity index (χ4v) is 5.42. The van der Waals surface area contributed by atoms with E-state index in [1.54, 1.807) is 6.33 Å². The molecular weight excluding hydrogens is 246 g/mol. The third kappa shape index (κ3) is 1.90. The molecule has 4 fully saturated rings. The topological polar surface area (TPSA) is 51.8 Å². The smallest absolute Gasteiger partial charge is 0.116 e. The maximum atomic E-state index is 6.23. The molecule has 0 radical (unpaired) electrons. The summed E-state index contributed by atoms with van der Waals surface area (Å²) in [4.78, 5) is 9.08. The first-order valence-corrected chi connectivity index (χ1v) is 8.06. The van der Waals surface area contributed by atoms with Crippen LogP contribution in [-0.2, 0) is 11.0 Å². The van der Waals surface area contributed by atoms with Crippen molar-refractivity contribution in [3.8, 4) is 0 Å². The summed E-state index contributed by atoms with van der Waals surface area (Å²) in [6, 6.07) is 2.20. The predicted octanol–water partition coefficient (Wildman–Crippen LogP) is 3.14. The van der Waals surface area contributed by atoms with E-state index in [1.165, 1.54) is 44.2 Å². The van der Waals surface area contributed by atoms with Gasteiger partial charge in [0.2, 0.25) is 0 Å². The molecule has 0 aliphatic heterocycles. The Hall–Kier alpha value is -0.960. The van der Waals surface area contributed by atoms with E-state index < -0.39 is 0 Å². The van der Waals surface area contributed by atoms with E-state index in [0.29, 0.717) is 5.41 Å². The SMILES string of the molecule is CC(C)(N)c1cc(C23CC4CC(CC(C4)C2)C3)ncn1. The van der Waals surface area contributed by atoms with Crippen molar-refractivity contribution in [3.05, 3.63) is 23.8 Å². The molecule has 0 amide bonds. The van der Waals surface area contributed by atoms with Crippen LogP contribution in [0.2, 0.25) is 0 Å². The van der Waals surface area contributed by atoms with E-state index in [2.05, 4.69) is 16.0 Å². The van der Waals surface area contributed by atoms with Gasteiger partial charge in [-0.05, 0) is 76.2 Å². The van der Waals surface area contributed by atoms with Crippen molar-refractivity contribution >= 4 is 0 Å². The van der Waals surface area contributed by atoms with Gasteiger partial charge in [-0.15, -0.1) is 0 Å². The summed E-state index contributed by atoms with van der Waals surface area (Å²) in [5.41, 5.74) is 8.46. The lowest BCUT2D eigenvalue weighted by Crippen LogP contribution is -2.49. The summed E-state index contributed by atoms with van der Waals surface area (Å²) in [7, 11) is 0. The fraction of sp³-hybridized carbons (Fsp3) is 0.765. The zero-order valence-electron chi connectivity index (χ0n) is 12.6. The van der Waals surface area contributed by atoms with E-state index in [1.807, 2.05) is 13.8 Å². The number of hydrogen-bond acceptors (Lipinski definition) is 3. The van der Waals surface area contributed by atoms with Crippen LogP contribution in [0.1, 0.15) is 63.8 Å². The molecule has 0 atom stereocenters. The first-order valence-electron chi connectivity index (χ1n) is 8.06. The Kier molecular flexibility index (Phi) is 2.57. The van der Waals surface area contributed by atoms with Crippen LogP contribution in [0.5, 0.6) is 0 Å². The minimum atomic E-state index is -0.375. The largest absolute Gasteiger partial charge is 0.321 e. The molecule has 1 heterocycles. The summed E-state index contributed by atoms with van der Waals surface area (Å²) in [5.74, 6) is 2.85. The van der Waals surface area contributed by atoms with Gasteiger partial charge >= 0.3 is 0 Å². The van der Waals surface area contributed by atoms with Gasteiger partial charge in [-0.3, -0.25) is 0 Å².